The van der Waals surface area contributed by atoms with Crippen molar-refractivity contribution in [2.24, 2.45) is 0 Å². The predicted molar refractivity (Wildman–Crippen MR) is 69.3 cm³/mol. The summed E-state index contributed by atoms with van der Waals surface area (Å²) in [7, 11) is 0. The van der Waals surface area contributed by atoms with Gasteiger partial charge in [-0.05, 0) is 18.9 Å². The van der Waals surface area contributed by atoms with Gasteiger partial charge in [0.2, 0.25) is 0 Å². The van der Waals surface area contributed by atoms with Crippen molar-refractivity contribution >= 4 is 5.69 Å². The van der Waals surface area contributed by atoms with Crippen LogP contribution in [-0.4, -0.2) is 19.9 Å². The number of nitro groups is 1. The Morgan fingerprint density at radius 2 is 2.25 bits per heavy atom. The van der Waals surface area contributed by atoms with Crippen LogP contribution < -0.4 is 0 Å². The maximum absolute atomic E-state index is 10.8. The molecule has 1 aliphatic rings. The van der Waals surface area contributed by atoms with E-state index >= 15 is 0 Å². The van der Waals surface area contributed by atoms with Gasteiger partial charge in [-0.15, -0.1) is 5.10 Å². The summed E-state index contributed by atoms with van der Waals surface area (Å²) in [6.07, 6.45) is 3.11. The summed E-state index contributed by atoms with van der Waals surface area (Å²) in [6.45, 7) is 0. The van der Waals surface area contributed by atoms with E-state index in [0.717, 1.165) is 25.0 Å². The van der Waals surface area contributed by atoms with Crippen LogP contribution in [0.2, 0.25) is 0 Å². The lowest BCUT2D eigenvalue weighted by molar-refractivity contribution is -0.384. The second-order valence-electron chi connectivity index (χ2n) is 4.75. The van der Waals surface area contributed by atoms with Crippen LogP contribution in [0.5, 0.6) is 0 Å². The van der Waals surface area contributed by atoms with E-state index in [0.29, 0.717) is 11.4 Å². The van der Waals surface area contributed by atoms with E-state index in [1.54, 1.807) is 16.8 Å². The number of benzene rings is 1. The zero-order valence-corrected chi connectivity index (χ0v) is 10.6. The van der Waals surface area contributed by atoms with Crippen molar-refractivity contribution in [2.75, 3.05) is 0 Å². The molecule has 0 radical (unpaired) electrons. The van der Waals surface area contributed by atoms with Crippen molar-refractivity contribution in [3.8, 4) is 11.8 Å². The van der Waals surface area contributed by atoms with E-state index in [1.807, 2.05) is 6.07 Å². The maximum Gasteiger partial charge on any atom is 0.271 e. The molecule has 20 heavy (non-hydrogen) atoms. The Hall–Kier alpha value is -2.75. The Bertz CT molecular complexity index is 712. The van der Waals surface area contributed by atoms with Gasteiger partial charge in [-0.1, -0.05) is 17.7 Å². The third-order valence-corrected chi connectivity index (χ3v) is 3.59. The zero-order valence-electron chi connectivity index (χ0n) is 10.6. The summed E-state index contributed by atoms with van der Waals surface area (Å²) < 4.78 is 1.55. The summed E-state index contributed by atoms with van der Waals surface area (Å²) in [4.78, 5) is 10.4. The van der Waals surface area contributed by atoms with Crippen molar-refractivity contribution in [1.82, 2.24) is 15.0 Å². The minimum atomic E-state index is -0.450. The fraction of sp³-hybridized carbons (Fsp3) is 0.308. The molecule has 1 aromatic carbocycles. The molecule has 0 spiro atoms. The lowest BCUT2D eigenvalue weighted by Crippen LogP contribution is -2.15. The highest BCUT2D eigenvalue weighted by Crippen LogP contribution is 2.38. The number of nitriles is 1. The Morgan fingerprint density at radius 1 is 1.45 bits per heavy atom. The SMILES string of the molecule is N#Cc1nnn(-c2cccc([N+](=O)[O-])c2)c1C1CCC1. The Labute approximate surface area is 114 Å². The van der Waals surface area contributed by atoms with E-state index < -0.39 is 4.92 Å². The van der Waals surface area contributed by atoms with Crippen molar-refractivity contribution in [2.45, 2.75) is 25.2 Å². The molecule has 0 atom stereocenters. The molecule has 0 saturated heterocycles. The fourth-order valence-electron chi connectivity index (χ4n) is 2.35. The molecular weight excluding hydrogens is 258 g/mol. The highest BCUT2D eigenvalue weighted by molar-refractivity contribution is 5.45. The van der Waals surface area contributed by atoms with E-state index in [9.17, 15) is 10.1 Å². The molecule has 0 aliphatic heterocycles. The number of nitrogens with zero attached hydrogens (tertiary/aromatic N) is 5. The predicted octanol–water partition coefficient (Wildman–Crippen LogP) is 2.31. The smallest absolute Gasteiger partial charge is 0.258 e. The highest BCUT2D eigenvalue weighted by atomic mass is 16.6. The Balaban J connectivity index is 2.10. The van der Waals surface area contributed by atoms with E-state index in [-0.39, 0.29) is 11.6 Å². The number of non-ortho nitro benzene ring substituents is 1. The normalized spacial score (nSPS) is 14.6. The second kappa shape index (κ2) is 4.74. The molecule has 1 saturated carbocycles. The lowest BCUT2D eigenvalue weighted by atomic mass is 9.82. The van der Waals surface area contributed by atoms with E-state index in [4.69, 9.17) is 5.26 Å². The Morgan fingerprint density at radius 3 is 2.85 bits per heavy atom. The second-order valence-corrected chi connectivity index (χ2v) is 4.75. The molecule has 7 nitrogen and oxygen atoms in total. The molecule has 0 N–H and O–H groups in total. The molecular formula is C13H11N5O2. The van der Waals surface area contributed by atoms with Crippen molar-refractivity contribution < 1.29 is 4.92 Å². The van der Waals surface area contributed by atoms with Gasteiger partial charge in [0.05, 0.1) is 16.3 Å². The van der Waals surface area contributed by atoms with Crippen LogP contribution in [0.25, 0.3) is 5.69 Å². The fourth-order valence-corrected chi connectivity index (χ4v) is 2.35. The topological polar surface area (TPSA) is 97.6 Å². The molecule has 0 amide bonds. The van der Waals surface area contributed by atoms with Gasteiger partial charge in [0, 0.05) is 18.1 Å². The number of aromatic nitrogens is 3. The van der Waals surface area contributed by atoms with Gasteiger partial charge in [-0.25, -0.2) is 4.68 Å². The summed E-state index contributed by atoms with van der Waals surface area (Å²) in [6, 6.07) is 8.24. The first kappa shape index (κ1) is 12.3. The third kappa shape index (κ3) is 1.91. The van der Waals surface area contributed by atoms with Crippen LogP contribution >= 0.6 is 0 Å². The number of nitro benzene ring substituents is 1. The summed E-state index contributed by atoms with van der Waals surface area (Å²) in [5.74, 6) is 0.263. The van der Waals surface area contributed by atoms with Crippen LogP contribution in [0.3, 0.4) is 0 Å². The number of hydrogen-bond donors (Lipinski definition) is 0. The van der Waals surface area contributed by atoms with Gasteiger partial charge in [0.15, 0.2) is 5.69 Å². The van der Waals surface area contributed by atoms with E-state index in [2.05, 4.69) is 10.3 Å². The molecule has 2 aromatic rings. The molecule has 100 valence electrons. The van der Waals surface area contributed by atoms with Crippen LogP contribution in [-0.2, 0) is 0 Å². The average molecular weight is 269 g/mol. The quantitative estimate of drug-likeness (QED) is 0.629. The third-order valence-electron chi connectivity index (χ3n) is 3.59. The van der Waals surface area contributed by atoms with Crippen LogP contribution in [0.1, 0.15) is 36.6 Å². The van der Waals surface area contributed by atoms with Gasteiger partial charge in [0.25, 0.3) is 5.69 Å². The lowest BCUT2D eigenvalue weighted by Gasteiger charge is -2.25. The van der Waals surface area contributed by atoms with Gasteiger partial charge < -0.3 is 0 Å². The van der Waals surface area contributed by atoms with Crippen molar-refractivity contribution in [1.29, 1.82) is 5.26 Å². The number of hydrogen-bond acceptors (Lipinski definition) is 5. The Kier molecular flexibility index (Phi) is 2.91. The average Bonchev–Trinajstić information content (AvgIpc) is 2.80. The van der Waals surface area contributed by atoms with Gasteiger partial charge >= 0.3 is 0 Å². The molecule has 7 heteroatoms. The monoisotopic (exact) mass is 269 g/mol. The first-order valence-electron chi connectivity index (χ1n) is 6.31. The van der Waals surface area contributed by atoms with Gasteiger partial charge in [-0.3, -0.25) is 10.1 Å². The largest absolute Gasteiger partial charge is 0.271 e. The van der Waals surface area contributed by atoms with Gasteiger partial charge in [-0.2, -0.15) is 5.26 Å². The molecule has 1 heterocycles. The zero-order chi connectivity index (χ0) is 14.1. The van der Waals surface area contributed by atoms with Crippen molar-refractivity contribution in [3.05, 3.63) is 45.8 Å². The van der Waals surface area contributed by atoms with Crippen LogP contribution in [0.15, 0.2) is 24.3 Å². The molecule has 1 aliphatic carbocycles. The standard InChI is InChI=1S/C13H11N5O2/c14-8-12-13(9-3-1-4-9)17(16-15-12)10-5-2-6-11(7-10)18(19)20/h2,5-7,9H,1,3-4H2. The maximum atomic E-state index is 10.8. The minimum absolute atomic E-state index is 0.00364. The molecule has 0 unspecified atom stereocenters. The first-order chi connectivity index (χ1) is 9.70. The summed E-state index contributed by atoms with van der Waals surface area (Å²) in [5.41, 5.74) is 1.63. The van der Waals surface area contributed by atoms with Crippen LogP contribution in [0, 0.1) is 21.4 Å². The molecule has 1 aromatic heterocycles. The first-order valence-corrected chi connectivity index (χ1v) is 6.31. The number of rotatable bonds is 3. The van der Waals surface area contributed by atoms with Crippen LogP contribution in [0.4, 0.5) is 5.69 Å². The molecule has 0 bridgehead atoms. The summed E-state index contributed by atoms with van der Waals surface area (Å²) >= 11 is 0. The summed E-state index contributed by atoms with van der Waals surface area (Å²) in [5, 5.41) is 27.8. The van der Waals surface area contributed by atoms with E-state index in [1.165, 1.54) is 12.1 Å². The highest BCUT2D eigenvalue weighted by Gasteiger charge is 2.28. The van der Waals surface area contributed by atoms with Crippen molar-refractivity contribution in [3.63, 3.8) is 0 Å². The molecule has 3 rings (SSSR count). The minimum Gasteiger partial charge on any atom is -0.258 e. The van der Waals surface area contributed by atoms with Gasteiger partial charge in [0.1, 0.15) is 6.07 Å². The molecule has 1 fully saturated rings.